The number of ketones is 1. The lowest BCUT2D eigenvalue weighted by molar-refractivity contribution is -0.189. The van der Waals surface area contributed by atoms with Gasteiger partial charge in [-0.05, 0) is 74.8 Å². The smallest absolute Gasteiger partial charge is 0.408 e. The monoisotopic (exact) mass is 577 g/mol. The van der Waals surface area contributed by atoms with Gasteiger partial charge < -0.3 is 34.1 Å². The number of carbonyl (C=O) groups is 4. The molecule has 2 rings (SSSR count). The molecule has 0 aliphatic heterocycles. The minimum absolute atomic E-state index is 0.151. The summed E-state index contributed by atoms with van der Waals surface area (Å²) < 4.78 is 27.7. The second kappa shape index (κ2) is 12.9. The summed E-state index contributed by atoms with van der Waals surface area (Å²) in [5.41, 5.74) is -4.22. The molecule has 41 heavy (non-hydrogen) atoms. The molecule has 0 spiro atoms. The number of ether oxygens (including phenoxy) is 5. The molecule has 1 aromatic rings. The molecule has 228 valence electrons. The minimum Gasteiger partial charge on any atom is -0.488 e. The summed E-state index contributed by atoms with van der Waals surface area (Å²) >= 11 is 0. The van der Waals surface area contributed by atoms with Gasteiger partial charge in [-0.25, -0.2) is 9.59 Å². The Morgan fingerprint density at radius 3 is 1.85 bits per heavy atom. The zero-order valence-corrected chi connectivity index (χ0v) is 25.5. The van der Waals surface area contributed by atoms with Gasteiger partial charge in [0.15, 0.2) is 5.76 Å². The molecule has 0 saturated carbocycles. The van der Waals surface area contributed by atoms with E-state index in [2.05, 4.69) is 5.32 Å². The number of esters is 2. The molecule has 2 N–H and O–H groups in total. The number of nitrogens with one attached hydrogen (secondary N) is 1. The van der Waals surface area contributed by atoms with Crippen molar-refractivity contribution in [3.8, 4) is 0 Å². The molecule has 1 aromatic carbocycles. The van der Waals surface area contributed by atoms with E-state index in [1.165, 1.54) is 0 Å². The zero-order chi connectivity index (χ0) is 31.3. The Balaban J connectivity index is 2.63. The molecule has 1 aliphatic rings. The SMILES string of the molecule is CC(C)OC1=C(OC(C)C)C(O)(C(C(=O)OC(C)(C)C)C(NC(=O)OCc2ccccc2)C(=O)OC(C)(C)C)C1=O. The number of alkyl carbamates (subject to hydrolysis) is 1. The Morgan fingerprint density at radius 2 is 1.37 bits per heavy atom. The molecule has 11 heteroatoms. The van der Waals surface area contributed by atoms with Gasteiger partial charge in [0, 0.05) is 0 Å². The molecule has 11 nitrogen and oxygen atoms in total. The van der Waals surface area contributed by atoms with E-state index in [4.69, 9.17) is 23.7 Å². The predicted octanol–water partition coefficient (Wildman–Crippen LogP) is 3.96. The molecular formula is C30H43NO10. The molecule has 1 aliphatic carbocycles. The maximum absolute atomic E-state index is 13.7. The number of hydrogen-bond donors (Lipinski definition) is 2. The molecule has 0 radical (unpaired) electrons. The van der Waals surface area contributed by atoms with Crippen LogP contribution in [0.3, 0.4) is 0 Å². The van der Waals surface area contributed by atoms with Crippen LogP contribution in [-0.4, -0.2) is 64.0 Å². The van der Waals surface area contributed by atoms with Gasteiger partial charge in [0.1, 0.15) is 29.8 Å². The van der Waals surface area contributed by atoms with E-state index in [1.807, 2.05) is 0 Å². The van der Waals surface area contributed by atoms with Crippen molar-refractivity contribution in [2.45, 2.75) is 111 Å². The molecule has 0 aromatic heterocycles. The van der Waals surface area contributed by atoms with Crippen molar-refractivity contribution in [1.82, 2.24) is 5.32 Å². The third kappa shape index (κ3) is 8.94. The molecule has 0 heterocycles. The van der Waals surface area contributed by atoms with Crippen molar-refractivity contribution in [2.75, 3.05) is 0 Å². The van der Waals surface area contributed by atoms with Gasteiger partial charge in [0.2, 0.25) is 17.1 Å². The number of amides is 1. The van der Waals surface area contributed by atoms with Crippen molar-refractivity contribution in [3.63, 3.8) is 0 Å². The van der Waals surface area contributed by atoms with Gasteiger partial charge in [-0.2, -0.15) is 0 Å². The van der Waals surface area contributed by atoms with E-state index in [-0.39, 0.29) is 18.1 Å². The molecule has 0 fully saturated rings. The van der Waals surface area contributed by atoms with Crippen LogP contribution in [-0.2, 0) is 44.7 Å². The molecule has 3 atom stereocenters. The summed E-state index contributed by atoms with van der Waals surface area (Å²) in [5.74, 6) is -5.93. The van der Waals surface area contributed by atoms with Gasteiger partial charge in [-0.3, -0.25) is 9.59 Å². The van der Waals surface area contributed by atoms with Crippen molar-refractivity contribution in [1.29, 1.82) is 0 Å². The highest BCUT2D eigenvalue weighted by atomic mass is 16.6. The van der Waals surface area contributed by atoms with Crippen LogP contribution in [0.2, 0.25) is 0 Å². The fourth-order valence-electron chi connectivity index (χ4n) is 3.94. The van der Waals surface area contributed by atoms with Crippen LogP contribution >= 0.6 is 0 Å². The van der Waals surface area contributed by atoms with Gasteiger partial charge in [0.25, 0.3) is 0 Å². The van der Waals surface area contributed by atoms with Crippen LogP contribution < -0.4 is 5.32 Å². The van der Waals surface area contributed by atoms with Crippen LogP contribution in [0, 0.1) is 5.92 Å². The fraction of sp³-hybridized carbons (Fsp3) is 0.600. The second-order valence-corrected chi connectivity index (χ2v) is 12.3. The van der Waals surface area contributed by atoms with Crippen LogP contribution in [0.15, 0.2) is 41.9 Å². The summed E-state index contributed by atoms with van der Waals surface area (Å²) in [6.07, 6.45) is -2.13. The van der Waals surface area contributed by atoms with Crippen molar-refractivity contribution in [3.05, 3.63) is 47.4 Å². The first-order valence-corrected chi connectivity index (χ1v) is 13.5. The van der Waals surface area contributed by atoms with Gasteiger partial charge in [0.05, 0.1) is 12.2 Å². The quantitative estimate of drug-likeness (QED) is 0.293. The predicted molar refractivity (Wildman–Crippen MR) is 148 cm³/mol. The summed E-state index contributed by atoms with van der Waals surface area (Å²) in [6.45, 7) is 16.0. The lowest BCUT2D eigenvalue weighted by Crippen LogP contribution is -2.67. The standard InChI is InChI=1S/C30H43NO10/c1-17(2)38-22-23(32)30(36,24(22)39-18(3)4)20(25(33)40-28(5,6)7)21(26(34)41-29(8,9)10)31-27(35)37-16-19-14-12-11-13-15-19/h11-15,17-18,20-21,36H,16H2,1-10H3,(H,31,35). The maximum Gasteiger partial charge on any atom is 0.408 e. The number of Topliss-reactive ketones (excluding diaryl/α,β-unsaturated/α-hetero) is 1. The molecule has 0 bridgehead atoms. The van der Waals surface area contributed by atoms with E-state index < -0.39 is 64.8 Å². The Labute approximate surface area is 241 Å². The molecular weight excluding hydrogens is 534 g/mol. The summed E-state index contributed by atoms with van der Waals surface area (Å²) in [4.78, 5) is 53.8. The van der Waals surface area contributed by atoms with Gasteiger partial charge in [-0.1, -0.05) is 30.3 Å². The molecule has 0 saturated heterocycles. The Hall–Kier alpha value is -3.60. The van der Waals surface area contributed by atoms with E-state index in [0.29, 0.717) is 5.56 Å². The largest absolute Gasteiger partial charge is 0.488 e. The highest BCUT2D eigenvalue weighted by molar-refractivity contribution is 6.13. The number of aliphatic hydroxyl groups is 1. The third-order valence-corrected chi connectivity index (χ3v) is 5.40. The lowest BCUT2D eigenvalue weighted by Gasteiger charge is -2.45. The fourth-order valence-corrected chi connectivity index (χ4v) is 3.94. The second-order valence-electron chi connectivity index (χ2n) is 12.3. The summed E-state index contributed by atoms with van der Waals surface area (Å²) in [5, 5.41) is 14.3. The van der Waals surface area contributed by atoms with E-state index >= 15 is 0 Å². The van der Waals surface area contributed by atoms with Crippen LogP contribution in [0.1, 0.15) is 74.8 Å². The van der Waals surface area contributed by atoms with Crippen molar-refractivity contribution >= 4 is 23.8 Å². The van der Waals surface area contributed by atoms with Crippen molar-refractivity contribution in [2.24, 2.45) is 5.92 Å². The molecule has 3 unspecified atom stereocenters. The minimum atomic E-state index is -2.73. The average Bonchev–Trinajstić information content (AvgIpc) is 2.82. The number of rotatable bonds is 11. The summed E-state index contributed by atoms with van der Waals surface area (Å²) in [7, 11) is 0. The topological polar surface area (TPSA) is 147 Å². The normalized spacial score (nSPS) is 18.8. The third-order valence-electron chi connectivity index (χ3n) is 5.40. The highest BCUT2D eigenvalue weighted by Gasteiger charge is 2.68. The Kier molecular flexibility index (Phi) is 10.6. The van der Waals surface area contributed by atoms with Crippen LogP contribution in [0.4, 0.5) is 4.79 Å². The van der Waals surface area contributed by atoms with Crippen LogP contribution in [0.5, 0.6) is 0 Å². The van der Waals surface area contributed by atoms with Gasteiger partial charge >= 0.3 is 18.0 Å². The van der Waals surface area contributed by atoms with E-state index in [0.717, 1.165) is 0 Å². The van der Waals surface area contributed by atoms with Crippen molar-refractivity contribution < 1.29 is 48.0 Å². The highest BCUT2D eigenvalue weighted by Crippen LogP contribution is 2.45. The average molecular weight is 578 g/mol. The van der Waals surface area contributed by atoms with E-state index in [1.54, 1.807) is 99.6 Å². The summed E-state index contributed by atoms with van der Waals surface area (Å²) in [6, 6.07) is 6.85. The Bertz CT molecular complexity index is 1140. The van der Waals surface area contributed by atoms with E-state index in [9.17, 15) is 24.3 Å². The number of carbonyl (C=O) groups excluding carboxylic acids is 4. The number of benzene rings is 1. The first-order chi connectivity index (χ1) is 18.8. The first-order valence-electron chi connectivity index (χ1n) is 13.5. The Morgan fingerprint density at radius 1 is 0.854 bits per heavy atom. The number of hydrogen-bond acceptors (Lipinski definition) is 10. The maximum atomic E-state index is 13.7. The molecule has 1 amide bonds. The van der Waals surface area contributed by atoms with Gasteiger partial charge in [-0.15, -0.1) is 0 Å². The van der Waals surface area contributed by atoms with Crippen LogP contribution in [0.25, 0.3) is 0 Å². The zero-order valence-electron chi connectivity index (χ0n) is 25.5. The first kappa shape index (κ1) is 33.6. The lowest BCUT2D eigenvalue weighted by atomic mass is 9.69.